The van der Waals surface area contributed by atoms with Crippen molar-refractivity contribution in [1.29, 1.82) is 0 Å². The molecule has 1 amide bonds. The van der Waals surface area contributed by atoms with Gasteiger partial charge in [-0.3, -0.25) is 4.79 Å². The third kappa shape index (κ3) is 3.88. The molecule has 0 aliphatic rings. The Morgan fingerprint density at radius 2 is 2.27 bits per heavy atom. The zero-order valence-electron chi connectivity index (χ0n) is 8.52. The average Bonchev–Trinajstić information content (AvgIpc) is 2.20. The fraction of sp³-hybridized carbons (Fsp3) is 0.364. The van der Waals surface area contributed by atoms with Crippen molar-refractivity contribution in [3.8, 4) is 0 Å². The lowest BCUT2D eigenvalue weighted by molar-refractivity contribution is -0.121. The molecule has 4 heteroatoms. The van der Waals surface area contributed by atoms with Crippen molar-refractivity contribution < 1.29 is 9.18 Å². The molecule has 15 heavy (non-hydrogen) atoms. The molecule has 0 atom stereocenters. The van der Waals surface area contributed by atoms with Gasteiger partial charge in [0, 0.05) is 13.0 Å². The minimum Gasteiger partial charge on any atom is -0.352 e. The summed E-state index contributed by atoms with van der Waals surface area (Å²) in [5, 5.41) is 2.81. The van der Waals surface area contributed by atoms with Crippen molar-refractivity contribution in [3.63, 3.8) is 0 Å². The van der Waals surface area contributed by atoms with E-state index in [0.29, 0.717) is 13.0 Å². The van der Waals surface area contributed by atoms with Crippen molar-refractivity contribution >= 4 is 17.5 Å². The molecule has 0 saturated carbocycles. The van der Waals surface area contributed by atoms with E-state index in [9.17, 15) is 9.18 Å². The first-order valence-electron chi connectivity index (χ1n) is 4.84. The first kappa shape index (κ1) is 12.0. The van der Waals surface area contributed by atoms with Crippen LogP contribution in [0.5, 0.6) is 0 Å². The lowest BCUT2D eigenvalue weighted by atomic mass is 10.2. The van der Waals surface area contributed by atoms with Gasteiger partial charge >= 0.3 is 0 Å². The highest BCUT2D eigenvalue weighted by Gasteiger charge is 2.02. The van der Waals surface area contributed by atoms with Crippen LogP contribution >= 0.6 is 11.6 Å². The van der Waals surface area contributed by atoms with Gasteiger partial charge in [-0.05, 0) is 24.1 Å². The van der Waals surface area contributed by atoms with Crippen molar-refractivity contribution in [2.24, 2.45) is 0 Å². The Hall–Kier alpha value is -1.09. The Balaban J connectivity index is 2.51. The summed E-state index contributed by atoms with van der Waals surface area (Å²) < 4.78 is 12.8. The van der Waals surface area contributed by atoms with Crippen LogP contribution in [0.4, 0.5) is 4.39 Å². The highest BCUT2D eigenvalue weighted by atomic mass is 35.5. The standard InChI is InChI=1S/C11H13ClFNO/c1-2-3-11(15)14-7-8-4-5-10(13)9(12)6-8/h4-6H,2-3,7H2,1H3,(H,14,15). The van der Waals surface area contributed by atoms with E-state index in [0.717, 1.165) is 12.0 Å². The van der Waals surface area contributed by atoms with Gasteiger partial charge in [-0.25, -0.2) is 4.39 Å². The summed E-state index contributed by atoms with van der Waals surface area (Å²) in [6.45, 7) is 2.33. The smallest absolute Gasteiger partial charge is 0.220 e. The second-order valence-corrected chi connectivity index (χ2v) is 3.68. The van der Waals surface area contributed by atoms with Crippen LogP contribution in [-0.2, 0) is 11.3 Å². The average molecular weight is 230 g/mol. The summed E-state index contributed by atoms with van der Waals surface area (Å²) in [5.74, 6) is -0.446. The third-order valence-corrected chi connectivity index (χ3v) is 2.24. The summed E-state index contributed by atoms with van der Waals surface area (Å²) in [5.41, 5.74) is 0.797. The van der Waals surface area contributed by atoms with Gasteiger partial charge in [0.05, 0.1) is 5.02 Å². The van der Waals surface area contributed by atoms with Crippen molar-refractivity contribution in [2.45, 2.75) is 26.3 Å². The zero-order chi connectivity index (χ0) is 11.3. The number of carbonyl (C=O) groups excluding carboxylic acids is 1. The molecule has 2 nitrogen and oxygen atoms in total. The monoisotopic (exact) mass is 229 g/mol. The number of nitrogens with one attached hydrogen (secondary N) is 1. The molecule has 0 fully saturated rings. The quantitative estimate of drug-likeness (QED) is 0.845. The van der Waals surface area contributed by atoms with E-state index in [1.807, 2.05) is 6.92 Å². The number of hydrogen-bond donors (Lipinski definition) is 1. The molecule has 0 unspecified atom stereocenters. The number of carbonyl (C=O) groups is 1. The van der Waals surface area contributed by atoms with Crippen LogP contribution in [-0.4, -0.2) is 5.91 Å². The normalized spacial score (nSPS) is 10.1. The molecule has 0 saturated heterocycles. The van der Waals surface area contributed by atoms with E-state index < -0.39 is 5.82 Å². The molecule has 0 aliphatic carbocycles. The van der Waals surface area contributed by atoms with E-state index in [1.54, 1.807) is 6.07 Å². The first-order chi connectivity index (χ1) is 7.13. The van der Waals surface area contributed by atoms with Gasteiger partial charge in [0.25, 0.3) is 0 Å². The van der Waals surface area contributed by atoms with E-state index in [-0.39, 0.29) is 10.9 Å². The minimum absolute atomic E-state index is 0.00190. The maximum Gasteiger partial charge on any atom is 0.220 e. The predicted octanol–water partition coefficient (Wildman–Crippen LogP) is 2.90. The van der Waals surface area contributed by atoms with Crippen LogP contribution in [0.3, 0.4) is 0 Å². The SMILES string of the molecule is CCCC(=O)NCc1ccc(F)c(Cl)c1. The lowest BCUT2D eigenvalue weighted by Gasteiger charge is -2.05. The van der Waals surface area contributed by atoms with Gasteiger partial charge in [0.1, 0.15) is 5.82 Å². The highest BCUT2D eigenvalue weighted by molar-refractivity contribution is 6.30. The Morgan fingerprint density at radius 1 is 1.53 bits per heavy atom. The Labute approximate surface area is 93.4 Å². The molecule has 1 N–H and O–H groups in total. The second-order valence-electron chi connectivity index (χ2n) is 3.28. The number of halogens is 2. The summed E-state index contributed by atoms with van der Waals surface area (Å²) in [4.78, 5) is 11.2. The van der Waals surface area contributed by atoms with E-state index in [2.05, 4.69) is 5.32 Å². The summed E-state index contributed by atoms with van der Waals surface area (Å²) in [7, 11) is 0. The Kier molecular flexibility index (Phi) is 4.56. The summed E-state index contributed by atoms with van der Waals surface area (Å²) >= 11 is 5.60. The van der Waals surface area contributed by atoms with Gasteiger partial charge in [0.15, 0.2) is 0 Å². The van der Waals surface area contributed by atoms with Crippen molar-refractivity contribution in [2.75, 3.05) is 0 Å². The maximum absolute atomic E-state index is 12.8. The number of amides is 1. The third-order valence-electron chi connectivity index (χ3n) is 1.95. The first-order valence-corrected chi connectivity index (χ1v) is 5.22. The van der Waals surface area contributed by atoms with Gasteiger partial charge in [-0.2, -0.15) is 0 Å². The summed E-state index contributed by atoms with van der Waals surface area (Å²) in [6.07, 6.45) is 1.32. The molecule has 0 heterocycles. The van der Waals surface area contributed by atoms with Crippen LogP contribution in [0.2, 0.25) is 5.02 Å². The highest BCUT2D eigenvalue weighted by Crippen LogP contribution is 2.15. The molecule has 0 aromatic heterocycles. The fourth-order valence-electron chi connectivity index (χ4n) is 1.17. The summed E-state index contributed by atoms with van der Waals surface area (Å²) in [6, 6.07) is 4.42. The second kappa shape index (κ2) is 5.71. The van der Waals surface area contributed by atoms with Crippen molar-refractivity contribution in [1.82, 2.24) is 5.32 Å². The van der Waals surface area contributed by atoms with Crippen LogP contribution in [0.25, 0.3) is 0 Å². The van der Waals surface area contributed by atoms with Gasteiger partial charge in [0.2, 0.25) is 5.91 Å². The predicted molar refractivity (Wildman–Crippen MR) is 58.2 cm³/mol. The molecule has 1 aromatic carbocycles. The maximum atomic E-state index is 12.8. The molecule has 0 radical (unpaired) electrons. The van der Waals surface area contributed by atoms with Crippen LogP contribution in [0.1, 0.15) is 25.3 Å². The van der Waals surface area contributed by atoms with E-state index >= 15 is 0 Å². The Morgan fingerprint density at radius 3 is 2.87 bits per heavy atom. The molecular weight excluding hydrogens is 217 g/mol. The lowest BCUT2D eigenvalue weighted by Crippen LogP contribution is -2.22. The van der Waals surface area contributed by atoms with Crippen LogP contribution in [0, 0.1) is 5.82 Å². The molecule has 0 spiro atoms. The molecular formula is C11H13ClFNO. The molecule has 1 aromatic rings. The minimum atomic E-state index is -0.444. The topological polar surface area (TPSA) is 29.1 Å². The van der Waals surface area contributed by atoms with Crippen LogP contribution < -0.4 is 5.32 Å². The molecule has 82 valence electrons. The van der Waals surface area contributed by atoms with Gasteiger partial charge in [-0.15, -0.1) is 0 Å². The van der Waals surface area contributed by atoms with Gasteiger partial charge in [-0.1, -0.05) is 24.6 Å². The number of benzene rings is 1. The number of rotatable bonds is 4. The largest absolute Gasteiger partial charge is 0.352 e. The van der Waals surface area contributed by atoms with Crippen LogP contribution in [0.15, 0.2) is 18.2 Å². The Bertz CT molecular complexity index is 354. The van der Waals surface area contributed by atoms with Crippen molar-refractivity contribution in [3.05, 3.63) is 34.6 Å². The fourth-order valence-corrected chi connectivity index (χ4v) is 1.37. The molecule has 1 rings (SSSR count). The van der Waals surface area contributed by atoms with E-state index in [4.69, 9.17) is 11.6 Å². The molecule has 0 bridgehead atoms. The van der Waals surface area contributed by atoms with Gasteiger partial charge < -0.3 is 5.32 Å². The molecule has 0 aliphatic heterocycles. The zero-order valence-corrected chi connectivity index (χ0v) is 9.27. The number of hydrogen-bond acceptors (Lipinski definition) is 1. The van der Waals surface area contributed by atoms with E-state index in [1.165, 1.54) is 12.1 Å².